The van der Waals surface area contributed by atoms with E-state index in [9.17, 15) is 0 Å². The van der Waals surface area contributed by atoms with Crippen LogP contribution in [-0.4, -0.2) is 5.84 Å². The highest BCUT2D eigenvalue weighted by Gasteiger charge is 2.35. The summed E-state index contributed by atoms with van der Waals surface area (Å²) in [4.78, 5) is 7.92. The highest BCUT2D eigenvalue weighted by Crippen LogP contribution is 2.52. The van der Waals surface area contributed by atoms with E-state index in [1.807, 2.05) is 11.8 Å². The van der Waals surface area contributed by atoms with Gasteiger partial charge in [0.15, 0.2) is 0 Å². The minimum Gasteiger partial charge on any atom is -0.456 e. The van der Waals surface area contributed by atoms with E-state index in [4.69, 9.17) is 9.41 Å². The first-order chi connectivity index (χ1) is 24.8. The molecule has 50 heavy (non-hydrogen) atoms. The van der Waals surface area contributed by atoms with Crippen LogP contribution in [-0.2, 0) is 0 Å². The zero-order chi connectivity index (χ0) is 33.0. The SMILES string of the molecule is c1ccc(-c2ccc(C3=C4Sc5ccccc5C4NC(c4cccc5oc6cc(-c7ccccc7-c7ccccc7)ccc6c45)=N3)cc2)cc1. The van der Waals surface area contributed by atoms with E-state index in [1.54, 1.807) is 0 Å². The summed E-state index contributed by atoms with van der Waals surface area (Å²) in [6.45, 7) is 0. The minimum atomic E-state index is 0.0158. The molecular formula is C46H30N2OS. The molecule has 2 aliphatic heterocycles. The molecule has 3 heterocycles. The lowest BCUT2D eigenvalue weighted by Crippen LogP contribution is -2.32. The van der Waals surface area contributed by atoms with Crippen molar-refractivity contribution in [3.63, 3.8) is 0 Å². The third-order valence-electron chi connectivity index (χ3n) is 9.79. The van der Waals surface area contributed by atoms with Gasteiger partial charge < -0.3 is 9.73 Å². The molecule has 10 rings (SSSR count). The van der Waals surface area contributed by atoms with Gasteiger partial charge in [-0.05, 0) is 63.2 Å². The molecule has 0 fully saturated rings. The van der Waals surface area contributed by atoms with Gasteiger partial charge in [-0.25, -0.2) is 4.99 Å². The Bertz CT molecular complexity index is 2640. The number of nitrogens with one attached hydrogen (secondary N) is 1. The summed E-state index contributed by atoms with van der Waals surface area (Å²) in [7, 11) is 0. The second-order valence-corrected chi connectivity index (χ2v) is 13.8. The second kappa shape index (κ2) is 11.8. The van der Waals surface area contributed by atoms with Crippen LogP contribution in [0.3, 0.4) is 0 Å². The van der Waals surface area contributed by atoms with E-state index >= 15 is 0 Å². The van der Waals surface area contributed by atoms with Crippen LogP contribution in [0.2, 0.25) is 0 Å². The molecule has 7 aromatic carbocycles. The molecule has 0 bridgehead atoms. The molecule has 0 spiro atoms. The van der Waals surface area contributed by atoms with Gasteiger partial charge in [-0.2, -0.15) is 0 Å². The van der Waals surface area contributed by atoms with Gasteiger partial charge in [0.05, 0.1) is 11.7 Å². The molecule has 0 saturated carbocycles. The smallest absolute Gasteiger partial charge is 0.136 e. The quantitative estimate of drug-likeness (QED) is 0.200. The molecule has 0 aliphatic carbocycles. The minimum absolute atomic E-state index is 0.0158. The summed E-state index contributed by atoms with van der Waals surface area (Å²) in [5.74, 6) is 0.852. The number of rotatable bonds is 5. The number of furan rings is 1. The summed E-state index contributed by atoms with van der Waals surface area (Å²) in [6, 6.07) is 60.1. The summed E-state index contributed by atoms with van der Waals surface area (Å²) in [5, 5.41) is 6.01. The van der Waals surface area contributed by atoms with Crippen molar-refractivity contribution in [2.24, 2.45) is 4.99 Å². The number of fused-ring (bicyclic) bond motifs is 6. The Morgan fingerprint density at radius 1 is 0.500 bits per heavy atom. The van der Waals surface area contributed by atoms with Gasteiger partial charge in [-0.3, -0.25) is 0 Å². The largest absolute Gasteiger partial charge is 0.456 e. The lowest BCUT2D eigenvalue weighted by atomic mass is 9.94. The molecule has 0 saturated heterocycles. The molecular weight excluding hydrogens is 629 g/mol. The number of amidine groups is 1. The Balaban J connectivity index is 1.10. The average Bonchev–Trinajstić information content (AvgIpc) is 3.76. The Hall–Kier alpha value is -6.10. The van der Waals surface area contributed by atoms with Crippen LogP contribution < -0.4 is 5.32 Å². The van der Waals surface area contributed by atoms with E-state index in [0.29, 0.717) is 0 Å². The van der Waals surface area contributed by atoms with E-state index < -0.39 is 0 Å². The summed E-state index contributed by atoms with van der Waals surface area (Å²) >= 11 is 1.82. The normalized spacial score (nSPS) is 15.1. The van der Waals surface area contributed by atoms with Crippen LogP contribution in [0.5, 0.6) is 0 Å². The summed E-state index contributed by atoms with van der Waals surface area (Å²) in [6.07, 6.45) is 0. The van der Waals surface area contributed by atoms with Gasteiger partial charge >= 0.3 is 0 Å². The molecule has 3 nitrogen and oxygen atoms in total. The third-order valence-corrected chi connectivity index (χ3v) is 11.0. The van der Waals surface area contributed by atoms with Crippen molar-refractivity contribution < 1.29 is 4.42 Å². The Morgan fingerprint density at radius 3 is 1.92 bits per heavy atom. The van der Waals surface area contributed by atoms with Gasteiger partial charge in [0.1, 0.15) is 17.0 Å². The number of hydrogen-bond donors (Lipinski definition) is 1. The maximum Gasteiger partial charge on any atom is 0.136 e. The van der Waals surface area contributed by atoms with E-state index in [1.165, 1.54) is 43.2 Å². The first-order valence-corrected chi connectivity index (χ1v) is 17.7. The van der Waals surface area contributed by atoms with Crippen LogP contribution in [0.15, 0.2) is 189 Å². The fourth-order valence-corrected chi connectivity index (χ4v) is 8.64. The summed E-state index contributed by atoms with van der Waals surface area (Å²) < 4.78 is 6.60. The zero-order valence-electron chi connectivity index (χ0n) is 27.0. The van der Waals surface area contributed by atoms with Crippen molar-refractivity contribution in [3.05, 3.63) is 191 Å². The standard InChI is InChI=1S/C46H30N2OS/c1-3-12-29(13-4-1)30-22-24-32(25-23-30)43-45-44(37-18-9-10-21-41(37)50-45)48-46(47-43)38-19-11-20-39-42(38)36-27-26-33(28-40(36)49-39)35-17-8-7-16-34(35)31-14-5-2-6-15-31/h1-28,44H,(H,47,48). The molecule has 8 aromatic rings. The predicted octanol–water partition coefficient (Wildman–Crippen LogP) is 12.2. The molecule has 4 heteroatoms. The highest BCUT2D eigenvalue weighted by atomic mass is 32.2. The van der Waals surface area contributed by atoms with Crippen molar-refractivity contribution in [1.29, 1.82) is 0 Å². The van der Waals surface area contributed by atoms with Crippen molar-refractivity contribution in [1.82, 2.24) is 5.32 Å². The first-order valence-electron chi connectivity index (χ1n) is 16.9. The van der Waals surface area contributed by atoms with Crippen molar-refractivity contribution in [2.45, 2.75) is 10.9 Å². The van der Waals surface area contributed by atoms with Gasteiger partial charge in [-0.15, -0.1) is 0 Å². The molecule has 2 aliphatic rings. The van der Waals surface area contributed by atoms with Crippen LogP contribution >= 0.6 is 11.8 Å². The fourth-order valence-electron chi connectivity index (χ4n) is 7.39. The number of thioether (sulfide) groups is 1. The van der Waals surface area contributed by atoms with Gasteiger partial charge in [0.25, 0.3) is 0 Å². The van der Waals surface area contributed by atoms with Crippen LogP contribution in [0.1, 0.15) is 22.7 Å². The maximum atomic E-state index is 6.60. The van der Waals surface area contributed by atoms with Crippen molar-refractivity contribution in [3.8, 4) is 33.4 Å². The van der Waals surface area contributed by atoms with Gasteiger partial charge in [0.2, 0.25) is 0 Å². The highest BCUT2D eigenvalue weighted by molar-refractivity contribution is 8.03. The van der Waals surface area contributed by atoms with Crippen molar-refractivity contribution >= 4 is 45.2 Å². The maximum absolute atomic E-state index is 6.60. The lowest BCUT2D eigenvalue weighted by molar-refractivity contribution is 0.669. The van der Waals surface area contributed by atoms with Crippen LogP contribution in [0.4, 0.5) is 0 Å². The number of nitrogens with zero attached hydrogens (tertiary/aromatic N) is 1. The Morgan fingerprint density at radius 2 is 1.12 bits per heavy atom. The average molecular weight is 659 g/mol. The Labute approximate surface area is 294 Å². The van der Waals surface area contributed by atoms with Crippen molar-refractivity contribution in [2.75, 3.05) is 0 Å². The number of hydrogen-bond acceptors (Lipinski definition) is 4. The van der Waals surface area contributed by atoms with E-state index in [0.717, 1.165) is 50.2 Å². The number of benzene rings is 7. The van der Waals surface area contributed by atoms with E-state index in [-0.39, 0.29) is 6.04 Å². The molecule has 1 atom stereocenters. The molecule has 1 aromatic heterocycles. The molecule has 0 radical (unpaired) electrons. The van der Waals surface area contributed by atoms with Crippen LogP contribution in [0, 0.1) is 0 Å². The third kappa shape index (κ3) is 4.80. The Kier molecular flexibility index (Phi) is 6.81. The van der Waals surface area contributed by atoms with E-state index in [2.05, 4.69) is 175 Å². The zero-order valence-corrected chi connectivity index (χ0v) is 27.8. The van der Waals surface area contributed by atoms with Crippen LogP contribution in [0.25, 0.3) is 61.0 Å². The first kappa shape index (κ1) is 28.9. The molecule has 0 amide bonds. The molecule has 1 N–H and O–H groups in total. The monoisotopic (exact) mass is 658 g/mol. The van der Waals surface area contributed by atoms with Gasteiger partial charge in [-0.1, -0.05) is 157 Å². The number of aliphatic imine (C=N–C) groups is 1. The lowest BCUT2D eigenvalue weighted by Gasteiger charge is -2.25. The molecule has 1 unspecified atom stereocenters. The van der Waals surface area contributed by atoms with Gasteiger partial charge in [0, 0.05) is 31.7 Å². The topological polar surface area (TPSA) is 37.5 Å². The second-order valence-electron chi connectivity index (χ2n) is 12.7. The fraction of sp³-hybridized carbons (Fsp3) is 0.0217. The summed E-state index contributed by atoms with van der Waals surface area (Å²) in [5.41, 5.74) is 13.2. The predicted molar refractivity (Wildman–Crippen MR) is 208 cm³/mol. The molecule has 236 valence electrons.